The van der Waals surface area contributed by atoms with Gasteiger partial charge in [0.15, 0.2) is 14.6 Å². The zero-order valence-electron chi connectivity index (χ0n) is 16.8. The van der Waals surface area contributed by atoms with Crippen LogP contribution >= 0.6 is 0 Å². The van der Waals surface area contributed by atoms with E-state index in [4.69, 9.17) is 5.21 Å². The first kappa shape index (κ1) is 21.6. The summed E-state index contributed by atoms with van der Waals surface area (Å²) in [6.07, 6.45) is 0.628. The molecule has 0 unspecified atom stereocenters. The fourth-order valence-electron chi connectivity index (χ4n) is 3.05. The highest BCUT2D eigenvalue weighted by atomic mass is 32.2. The summed E-state index contributed by atoms with van der Waals surface area (Å²) in [5.74, 6) is -1.07. The number of amides is 1. The molecular formula is C20H22N4O5S. The van der Waals surface area contributed by atoms with Crippen molar-refractivity contribution in [3.8, 4) is 11.1 Å². The first-order chi connectivity index (χ1) is 14.1. The Hall–Kier alpha value is -3.11. The Kier molecular flexibility index (Phi) is 5.73. The van der Waals surface area contributed by atoms with Gasteiger partial charge in [-0.3, -0.25) is 14.8 Å². The van der Waals surface area contributed by atoms with Crippen molar-refractivity contribution in [1.29, 1.82) is 0 Å². The third-order valence-corrected chi connectivity index (χ3v) is 7.34. The fourth-order valence-corrected chi connectivity index (χ4v) is 3.90. The lowest BCUT2D eigenvalue weighted by atomic mass is 10.0. The Morgan fingerprint density at radius 3 is 2.40 bits per heavy atom. The van der Waals surface area contributed by atoms with Crippen LogP contribution in [0, 0.1) is 6.92 Å². The maximum Gasteiger partial charge on any atom is 0.277 e. The molecule has 9 nitrogen and oxygen atoms in total. The third-order valence-electron chi connectivity index (χ3n) is 5.31. The number of benzene rings is 2. The number of nitrogens with zero attached hydrogens (tertiary/aromatic N) is 3. The van der Waals surface area contributed by atoms with Gasteiger partial charge in [0, 0.05) is 12.8 Å². The van der Waals surface area contributed by atoms with Crippen LogP contribution in [0.25, 0.3) is 22.0 Å². The molecule has 3 aromatic rings. The standard InChI is InChI=1S/C20H22N4O5S/c1-13-4-6-14(7-5-13)15-8-9-16-17(12-15)21-23-24(18(16)25)11-10-20(2,19(26)22-27)30(3,28)29/h4-9,12,27H,10-11H2,1-3H3,(H,22,26)/t20-/m1/s1. The molecule has 2 N–H and O–H groups in total. The van der Waals surface area contributed by atoms with Gasteiger partial charge in [-0.1, -0.05) is 41.1 Å². The molecule has 1 atom stereocenters. The van der Waals surface area contributed by atoms with Crippen molar-refractivity contribution in [3.63, 3.8) is 0 Å². The van der Waals surface area contributed by atoms with Gasteiger partial charge in [-0.15, -0.1) is 5.10 Å². The number of hydrogen-bond acceptors (Lipinski definition) is 7. The molecule has 1 amide bonds. The minimum absolute atomic E-state index is 0.168. The molecule has 30 heavy (non-hydrogen) atoms. The van der Waals surface area contributed by atoms with E-state index in [1.54, 1.807) is 18.2 Å². The van der Waals surface area contributed by atoms with E-state index in [2.05, 4.69) is 10.3 Å². The molecule has 0 bridgehead atoms. The molecule has 0 saturated carbocycles. The average Bonchev–Trinajstić information content (AvgIpc) is 2.72. The number of carbonyl (C=O) groups is 1. The van der Waals surface area contributed by atoms with Crippen molar-refractivity contribution in [2.75, 3.05) is 6.26 Å². The van der Waals surface area contributed by atoms with Crippen LogP contribution < -0.4 is 11.0 Å². The highest BCUT2D eigenvalue weighted by Gasteiger charge is 2.43. The van der Waals surface area contributed by atoms with Gasteiger partial charge < -0.3 is 0 Å². The number of fused-ring (bicyclic) bond motifs is 1. The zero-order chi connectivity index (χ0) is 22.1. The van der Waals surface area contributed by atoms with Crippen molar-refractivity contribution in [2.45, 2.75) is 31.6 Å². The van der Waals surface area contributed by atoms with Crippen LogP contribution in [0.5, 0.6) is 0 Å². The molecule has 0 radical (unpaired) electrons. The van der Waals surface area contributed by atoms with Gasteiger partial charge in [-0.25, -0.2) is 18.6 Å². The second-order valence-corrected chi connectivity index (χ2v) is 9.86. The lowest BCUT2D eigenvalue weighted by Crippen LogP contribution is -2.50. The van der Waals surface area contributed by atoms with Crippen LogP contribution in [0.2, 0.25) is 0 Å². The van der Waals surface area contributed by atoms with E-state index in [0.717, 1.165) is 27.6 Å². The first-order valence-corrected chi connectivity index (χ1v) is 11.0. The summed E-state index contributed by atoms with van der Waals surface area (Å²) >= 11 is 0. The van der Waals surface area contributed by atoms with Gasteiger partial charge in [0.2, 0.25) is 0 Å². The average molecular weight is 430 g/mol. The number of hydroxylamine groups is 1. The monoisotopic (exact) mass is 430 g/mol. The van der Waals surface area contributed by atoms with E-state index >= 15 is 0 Å². The normalized spacial score (nSPS) is 13.7. The van der Waals surface area contributed by atoms with Gasteiger partial charge in [-0.2, -0.15) is 0 Å². The number of rotatable bonds is 6. The quantitative estimate of drug-likeness (QED) is 0.447. The summed E-state index contributed by atoms with van der Waals surface area (Å²) in [6, 6.07) is 13.1. The van der Waals surface area contributed by atoms with Gasteiger partial charge in [0.1, 0.15) is 5.52 Å². The number of carbonyl (C=O) groups excluding carboxylic acids is 1. The molecule has 0 aliphatic heterocycles. The van der Waals surface area contributed by atoms with Crippen molar-refractivity contribution in [3.05, 3.63) is 58.4 Å². The van der Waals surface area contributed by atoms with E-state index in [9.17, 15) is 18.0 Å². The molecule has 1 aromatic heterocycles. The topological polar surface area (TPSA) is 131 Å². The van der Waals surface area contributed by atoms with Crippen molar-refractivity contribution in [1.82, 2.24) is 20.5 Å². The second-order valence-electron chi connectivity index (χ2n) is 7.41. The molecule has 0 spiro atoms. The summed E-state index contributed by atoms with van der Waals surface area (Å²) in [7, 11) is -3.88. The minimum atomic E-state index is -3.88. The number of sulfone groups is 1. The first-order valence-electron chi connectivity index (χ1n) is 9.15. The minimum Gasteiger partial charge on any atom is -0.289 e. The lowest BCUT2D eigenvalue weighted by Gasteiger charge is -2.24. The Morgan fingerprint density at radius 1 is 1.17 bits per heavy atom. The van der Waals surface area contributed by atoms with Crippen LogP contribution in [0.1, 0.15) is 18.9 Å². The third kappa shape index (κ3) is 3.96. The van der Waals surface area contributed by atoms with Crippen LogP contribution in [0.15, 0.2) is 47.3 Å². The number of aryl methyl sites for hydroxylation is 2. The van der Waals surface area contributed by atoms with Gasteiger partial charge in [-0.05, 0) is 43.5 Å². The van der Waals surface area contributed by atoms with Crippen LogP contribution in [-0.2, 0) is 21.2 Å². The molecular weight excluding hydrogens is 408 g/mol. The van der Waals surface area contributed by atoms with E-state index < -0.39 is 26.1 Å². The number of aromatic nitrogens is 3. The Morgan fingerprint density at radius 2 is 1.80 bits per heavy atom. The molecule has 2 aromatic carbocycles. The molecule has 0 aliphatic carbocycles. The molecule has 1 heterocycles. The molecule has 0 saturated heterocycles. The van der Waals surface area contributed by atoms with Crippen LogP contribution in [0.4, 0.5) is 0 Å². The number of hydrogen-bond donors (Lipinski definition) is 2. The van der Waals surface area contributed by atoms with Gasteiger partial charge >= 0.3 is 0 Å². The van der Waals surface area contributed by atoms with Crippen LogP contribution in [0.3, 0.4) is 0 Å². The number of nitrogens with one attached hydrogen (secondary N) is 1. The largest absolute Gasteiger partial charge is 0.289 e. The highest BCUT2D eigenvalue weighted by molar-refractivity contribution is 7.92. The predicted molar refractivity (Wildman–Crippen MR) is 112 cm³/mol. The van der Waals surface area contributed by atoms with Crippen LogP contribution in [-0.4, -0.2) is 45.5 Å². The Balaban J connectivity index is 1.94. The van der Waals surface area contributed by atoms with Crippen molar-refractivity contribution < 1.29 is 18.4 Å². The molecule has 0 aliphatic rings. The molecule has 158 valence electrons. The summed E-state index contributed by atoms with van der Waals surface area (Å²) in [5.41, 5.74) is 4.34. The lowest BCUT2D eigenvalue weighted by molar-refractivity contribution is -0.131. The Bertz CT molecular complexity index is 1270. The summed E-state index contributed by atoms with van der Waals surface area (Å²) in [5, 5.41) is 17.2. The van der Waals surface area contributed by atoms with E-state index in [-0.39, 0.29) is 13.0 Å². The maximum absolute atomic E-state index is 12.8. The maximum atomic E-state index is 12.8. The van der Waals surface area contributed by atoms with Crippen molar-refractivity contribution in [2.24, 2.45) is 0 Å². The summed E-state index contributed by atoms with van der Waals surface area (Å²) < 4.78 is 23.2. The summed E-state index contributed by atoms with van der Waals surface area (Å²) in [6.45, 7) is 3.01. The zero-order valence-corrected chi connectivity index (χ0v) is 17.6. The van der Waals surface area contributed by atoms with Gasteiger partial charge in [0.05, 0.1) is 5.39 Å². The SMILES string of the molecule is Cc1ccc(-c2ccc3c(=O)n(CC[C@](C)(C(=O)NO)S(C)(=O)=O)nnc3c2)cc1. The van der Waals surface area contributed by atoms with E-state index in [0.29, 0.717) is 10.9 Å². The summed E-state index contributed by atoms with van der Waals surface area (Å²) in [4.78, 5) is 24.7. The Labute approximate surface area is 173 Å². The highest BCUT2D eigenvalue weighted by Crippen LogP contribution is 2.23. The molecule has 3 rings (SSSR count). The van der Waals surface area contributed by atoms with Gasteiger partial charge in [0.25, 0.3) is 11.5 Å². The molecule has 0 fully saturated rings. The smallest absolute Gasteiger partial charge is 0.277 e. The predicted octanol–water partition coefficient (Wildman–Crippen LogP) is 1.47. The van der Waals surface area contributed by atoms with E-state index in [1.807, 2.05) is 31.2 Å². The second kappa shape index (κ2) is 7.96. The fraction of sp³-hybridized carbons (Fsp3) is 0.300. The van der Waals surface area contributed by atoms with Crippen molar-refractivity contribution >= 4 is 26.6 Å². The van der Waals surface area contributed by atoms with E-state index in [1.165, 1.54) is 12.4 Å². The molecule has 10 heteroatoms.